The van der Waals surface area contributed by atoms with Gasteiger partial charge < -0.3 is 15.0 Å². The highest BCUT2D eigenvalue weighted by molar-refractivity contribution is 9.10. The number of anilines is 1. The Morgan fingerprint density at radius 1 is 0.918 bits per heavy atom. The van der Waals surface area contributed by atoms with Crippen molar-refractivity contribution in [3.05, 3.63) is 123 Å². The molecule has 0 spiro atoms. The van der Waals surface area contributed by atoms with Crippen molar-refractivity contribution in [2.45, 2.75) is 69.0 Å². The fraction of sp³-hybridized carbons (Fsp3) is 0.316. The Morgan fingerprint density at radius 2 is 1.61 bits per heavy atom. The number of benzene rings is 4. The highest BCUT2D eigenvalue weighted by atomic mass is 79.9. The average Bonchev–Trinajstić information content (AvgIpc) is 3.10. The number of rotatable bonds is 13. The molecule has 49 heavy (non-hydrogen) atoms. The minimum atomic E-state index is -4.27. The predicted molar refractivity (Wildman–Crippen MR) is 197 cm³/mol. The first-order chi connectivity index (χ1) is 23.5. The fourth-order valence-corrected chi connectivity index (χ4v) is 8.45. The second-order valence-electron chi connectivity index (χ2n) is 12.3. The number of aryl methyl sites for hydroxylation is 1. The van der Waals surface area contributed by atoms with Crippen LogP contribution in [0.3, 0.4) is 0 Å². The molecule has 0 aromatic heterocycles. The number of ether oxygens (including phenoxy) is 1. The van der Waals surface area contributed by atoms with E-state index in [9.17, 15) is 18.0 Å². The molecule has 2 amide bonds. The molecule has 1 atom stereocenters. The van der Waals surface area contributed by atoms with Gasteiger partial charge in [-0.05, 0) is 89.3 Å². The SMILES string of the molecule is COc1ccc(S(=O)(=O)N(CC(=O)N(Cc2cccc(Cl)c2)[C@H](Cc2ccccc2)C(=O)NC2CCCCC2)c2ccc(C)cc2)cc1Br. The molecule has 1 saturated carbocycles. The Balaban J connectivity index is 1.57. The van der Waals surface area contributed by atoms with Crippen molar-refractivity contribution in [2.75, 3.05) is 18.0 Å². The molecule has 1 aliphatic carbocycles. The van der Waals surface area contributed by atoms with Gasteiger partial charge in [-0.15, -0.1) is 0 Å². The van der Waals surface area contributed by atoms with Crippen molar-refractivity contribution in [2.24, 2.45) is 0 Å². The monoisotopic (exact) mass is 765 g/mol. The van der Waals surface area contributed by atoms with E-state index in [0.29, 0.717) is 26.5 Å². The molecule has 11 heteroatoms. The van der Waals surface area contributed by atoms with Crippen molar-refractivity contribution in [1.29, 1.82) is 0 Å². The molecule has 1 N–H and O–H groups in total. The van der Waals surface area contributed by atoms with Gasteiger partial charge in [-0.2, -0.15) is 0 Å². The lowest BCUT2D eigenvalue weighted by Crippen LogP contribution is -2.55. The van der Waals surface area contributed by atoms with Crippen LogP contribution in [0, 0.1) is 6.92 Å². The number of hydrogen-bond donors (Lipinski definition) is 1. The lowest BCUT2D eigenvalue weighted by Gasteiger charge is -2.35. The standard InChI is InChI=1S/C38H41BrClN3O5S/c1-27-16-18-32(19-17-27)43(49(46,47)33-20-21-36(48-2)34(39)24-33)26-37(44)42(25-29-12-9-13-30(40)22-29)35(23-28-10-5-3-6-11-28)38(45)41-31-14-7-4-8-15-31/h3,5-6,9-13,16-22,24,31,35H,4,7-8,14-15,23,25-26H2,1-2H3,(H,41,45)/t35-/m1/s1. The molecule has 8 nitrogen and oxygen atoms in total. The number of nitrogens with one attached hydrogen (secondary N) is 1. The molecule has 5 rings (SSSR count). The van der Waals surface area contributed by atoms with E-state index in [-0.39, 0.29) is 29.8 Å². The molecule has 0 aliphatic heterocycles. The van der Waals surface area contributed by atoms with Crippen molar-refractivity contribution in [1.82, 2.24) is 10.2 Å². The fourth-order valence-electron chi connectivity index (χ4n) is 6.10. The third-order valence-corrected chi connectivity index (χ3v) is 11.4. The van der Waals surface area contributed by atoms with Crippen LogP contribution >= 0.6 is 27.5 Å². The molecular weight excluding hydrogens is 726 g/mol. The van der Waals surface area contributed by atoms with E-state index < -0.39 is 28.5 Å². The smallest absolute Gasteiger partial charge is 0.264 e. The van der Waals surface area contributed by atoms with Gasteiger partial charge in [0.15, 0.2) is 0 Å². The van der Waals surface area contributed by atoms with Gasteiger partial charge in [-0.1, -0.05) is 91.0 Å². The molecule has 0 bridgehead atoms. The van der Waals surface area contributed by atoms with Crippen LogP contribution in [0.5, 0.6) is 5.75 Å². The number of sulfonamides is 1. The third kappa shape index (κ3) is 9.44. The van der Waals surface area contributed by atoms with E-state index in [2.05, 4.69) is 21.2 Å². The van der Waals surface area contributed by atoms with Gasteiger partial charge in [-0.3, -0.25) is 13.9 Å². The quantitative estimate of drug-likeness (QED) is 0.151. The zero-order valence-electron chi connectivity index (χ0n) is 27.6. The average molecular weight is 767 g/mol. The number of hydrogen-bond acceptors (Lipinski definition) is 5. The number of halogens is 2. The van der Waals surface area contributed by atoms with Gasteiger partial charge in [0.25, 0.3) is 10.0 Å². The highest BCUT2D eigenvalue weighted by Gasteiger charge is 2.35. The molecule has 4 aromatic rings. The van der Waals surface area contributed by atoms with Gasteiger partial charge in [0.2, 0.25) is 11.8 Å². The topological polar surface area (TPSA) is 96.0 Å². The van der Waals surface area contributed by atoms with Crippen LogP contribution in [-0.4, -0.2) is 50.9 Å². The summed E-state index contributed by atoms with van der Waals surface area (Å²) in [6.45, 7) is 1.41. The second-order valence-corrected chi connectivity index (χ2v) is 15.5. The maximum Gasteiger partial charge on any atom is 0.264 e. The van der Waals surface area contributed by atoms with Crippen LogP contribution in [0.1, 0.15) is 48.8 Å². The van der Waals surface area contributed by atoms with Crippen molar-refractivity contribution < 1.29 is 22.7 Å². The maximum absolute atomic E-state index is 14.7. The minimum Gasteiger partial charge on any atom is -0.496 e. The number of carbonyl (C=O) groups excluding carboxylic acids is 2. The van der Waals surface area contributed by atoms with Crippen molar-refractivity contribution in [3.8, 4) is 5.75 Å². The summed E-state index contributed by atoms with van der Waals surface area (Å²) in [5, 5.41) is 3.72. The molecular formula is C38H41BrClN3O5S. The first-order valence-electron chi connectivity index (χ1n) is 16.4. The molecule has 1 fully saturated rings. The number of amides is 2. The van der Waals surface area contributed by atoms with Crippen LogP contribution in [0.4, 0.5) is 5.69 Å². The van der Waals surface area contributed by atoms with Crippen LogP contribution in [0.15, 0.2) is 106 Å². The van der Waals surface area contributed by atoms with Crippen LogP contribution in [0.2, 0.25) is 5.02 Å². The van der Waals surface area contributed by atoms with E-state index in [0.717, 1.165) is 47.5 Å². The van der Waals surface area contributed by atoms with Crippen LogP contribution in [0.25, 0.3) is 0 Å². The largest absolute Gasteiger partial charge is 0.496 e. The molecule has 1 aliphatic rings. The Kier molecular flexibility index (Phi) is 12.4. The Hall–Kier alpha value is -3.86. The maximum atomic E-state index is 14.7. The van der Waals surface area contributed by atoms with Gasteiger partial charge >= 0.3 is 0 Å². The lowest BCUT2D eigenvalue weighted by molar-refractivity contribution is -0.140. The van der Waals surface area contributed by atoms with E-state index in [1.54, 1.807) is 48.5 Å². The third-order valence-electron chi connectivity index (χ3n) is 8.78. The summed E-state index contributed by atoms with van der Waals surface area (Å²) in [6, 6.07) is 27.2. The lowest BCUT2D eigenvalue weighted by atomic mass is 9.94. The molecule has 0 radical (unpaired) electrons. The normalized spacial score (nSPS) is 14.1. The van der Waals surface area contributed by atoms with E-state index >= 15 is 0 Å². The summed E-state index contributed by atoms with van der Waals surface area (Å²) in [7, 11) is -2.78. The van der Waals surface area contributed by atoms with Crippen LogP contribution in [-0.2, 0) is 32.6 Å². The molecule has 0 unspecified atom stereocenters. The summed E-state index contributed by atoms with van der Waals surface area (Å²) in [5.41, 5.74) is 2.85. The molecule has 0 heterocycles. The van der Waals surface area contributed by atoms with Gasteiger partial charge in [-0.25, -0.2) is 8.42 Å². The highest BCUT2D eigenvalue weighted by Crippen LogP contribution is 2.31. The van der Waals surface area contributed by atoms with E-state index in [1.165, 1.54) is 24.1 Å². The molecule has 4 aromatic carbocycles. The number of methoxy groups -OCH3 is 1. The first kappa shape index (κ1) is 36.4. The van der Waals surface area contributed by atoms with E-state index in [1.807, 2.05) is 43.3 Å². The summed E-state index contributed by atoms with van der Waals surface area (Å²) in [6.07, 6.45) is 5.20. The minimum absolute atomic E-state index is 0.0144. The van der Waals surface area contributed by atoms with E-state index in [4.69, 9.17) is 16.3 Å². The zero-order valence-corrected chi connectivity index (χ0v) is 30.8. The van der Waals surface area contributed by atoms with Gasteiger partial charge in [0.1, 0.15) is 18.3 Å². The van der Waals surface area contributed by atoms with Crippen molar-refractivity contribution >= 4 is 55.1 Å². The van der Waals surface area contributed by atoms with Crippen LogP contribution < -0.4 is 14.4 Å². The predicted octanol–water partition coefficient (Wildman–Crippen LogP) is 7.70. The summed E-state index contributed by atoms with van der Waals surface area (Å²) < 4.78 is 35.6. The summed E-state index contributed by atoms with van der Waals surface area (Å²) in [5.74, 6) is -0.330. The van der Waals surface area contributed by atoms with Gasteiger partial charge in [0.05, 0.1) is 22.2 Å². The Morgan fingerprint density at radius 3 is 2.27 bits per heavy atom. The summed E-state index contributed by atoms with van der Waals surface area (Å²) in [4.78, 5) is 30.5. The molecule has 258 valence electrons. The number of nitrogens with zero attached hydrogens (tertiary/aromatic N) is 2. The Labute approximate surface area is 302 Å². The van der Waals surface area contributed by atoms with Gasteiger partial charge in [0, 0.05) is 24.0 Å². The molecule has 0 saturated heterocycles. The Bertz CT molecular complexity index is 1850. The first-order valence-corrected chi connectivity index (χ1v) is 19.0. The zero-order chi connectivity index (χ0) is 35.0. The van der Waals surface area contributed by atoms with Crippen molar-refractivity contribution in [3.63, 3.8) is 0 Å². The second kappa shape index (κ2) is 16.7. The number of carbonyl (C=O) groups is 2. The summed E-state index contributed by atoms with van der Waals surface area (Å²) >= 11 is 9.77.